The molecule has 29 heavy (non-hydrogen) atoms. The number of anilines is 2. The number of nitrogens with one attached hydrogen (secondary N) is 2. The summed E-state index contributed by atoms with van der Waals surface area (Å²) in [5.41, 5.74) is 0.713. The van der Waals surface area contributed by atoms with Gasteiger partial charge in [-0.3, -0.25) is 19.2 Å². The number of esters is 1. The highest BCUT2D eigenvalue weighted by Crippen LogP contribution is 2.16. The molecule has 0 unspecified atom stereocenters. The molecule has 2 N–H and O–H groups in total. The molecule has 2 aromatic rings. The number of benzene rings is 1. The van der Waals surface area contributed by atoms with Gasteiger partial charge in [0, 0.05) is 11.6 Å². The lowest BCUT2D eigenvalue weighted by Gasteiger charge is -2.14. The van der Waals surface area contributed by atoms with Crippen LogP contribution in [0.15, 0.2) is 34.9 Å². The number of ether oxygens (including phenoxy) is 1. The van der Waals surface area contributed by atoms with Crippen molar-refractivity contribution in [2.45, 2.75) is 26.9 Å². The molecule has 0 radical (unpaired) electrons. The van der Waals surface area contributed by atoms with Gasteiger partial charge < -0.3 is 19.9 Å². The fourth-order valence-corrected chi connectivity index (χ4v) is 2.84. The van der Waals surface area contributed by atoms with Gasteiger partial charge in [0.05, 0.1) is 17.2 Å². The number of rotatable bonds is 9. The average Bonchev–Trinajstić information content (AvgIpc) is 3.06. The second-order valence-corrected chi connectivity index (χ2v) is 7.07. The van der Waals surface area contributed by atoms with E-state index >= 15 is 0 Å². The maximum atomic E-state index is 12.2. The van der Waals surface area contributed by atoms with Gasteiger partial charge in [-0.1, -0.05) is 17.3 Å². The standard InChI is InChI=1S/C19H21N3O6S/c1-11-8-16(22-28-11)21-17(24)9-29-10-18(25)27-13(3)19(26)20-15-7-5-4-6-14(15)12(2)23/h4-8,13H,9-10H2,1-3H3,(H,20,26)(H,21,22,24)/t13-/m1/s1. The van der Waals surface area contributed by atoms with E-state index in [1.54, 1.807) is 37.3 Å². The highest BCUT2D eigenvalue weighted by Gasteiger charge is 2.20. The first-order chi connectivity index (χ1) is 13.8. The highest BCUT2D eigenvalue weighted by molar-refractivity contribution is 8.00. The van der Waals surface area contributed by atoms with Crippen molar-refractivity contribution in [2.75, 3.05) is 22.1 Å². The smallest absolute Gasteiger partial charge is 0.316 e. The fourth-order valence-electron chi connectivity index (χ4n) is 2.25. The van der Waals surface area contributed by atoms with E-state index in [2.05, 4.69) is 15.8 Å². The molecule has 0 aliphatic rings. The Hall–Kier alpha value is -3.14. The van der Waals surface area contributed by atoms with Gasteiger partial charge in [-0.05, 0) is 32.9 Å². The minimum Gasteiger partial charge on any atom is -0.452 e. The Labute approximate surface area is 171 Å². The lowest BCUT2D eigenvalue weighted by molar-refractivity contribution is -0.150. The molecule has 1 aromatic carbocycles. The first kappa shape index (κ1) is 22.2. The monoisotopic (exact) mass is 419 g/mol. The van der Waals surface area contributed by atoms with Gasteiger partial charge in [0.25, 0.3) is 5.91 Å². The number of hydrogen-bond acceptors (Lipinski definition) is 8. The summed E-state index contributed by atoms with van der Waals surface area (Å²) in [6, 6.07) is 8.12. The van der Waals surface area contributed by atoms with Crippen molar-refractivity contribution in [3.63, 3.8) is 0 Å². The van der Waals surface area contributed by atoms with E-state index < -0.39 is 18.0 Å². The number of ketones is 1. The van der Waals surface area contributed by atoms with Crippen LogP contribution in [0.3, 0.4) is 0 Å². The topological polar surface area (TPSA) is 128 Å². The Morgan fingerprint density at radius 1 is 1.17 bits per heavy atom. The van der Waals surface area contributed by atoms with E-state index in [1.807, 2.05) is 0 Å². The summed E-state index contributed by atoms with van der Waals surface area (Å²) in [6.45, 7) is 4.52. The number of hydrogen-bond donors (Lipinski definition) is 2. The summed E-state index contributed by atoms with van der Waals surface area (Å²) < 4.78 is 9.91. The number of aromatic nitrogens is 1. The Bertz CT molecular complexity index is 911. The third-order valence-electron chi connectivity index (χ3n) is 3.59. The molecule has 0 saturated carbocycles. The van der Waals surface area contributed by atoms with Crippen molar-refractivity contribution in [3.05, 3.63) is 41.7 Å². The maximum Gasteiger partial charge on any atom is 0.316 e. The Balaban J connectivity index is 1.74. The minimum atomic E-state index is -1.06. The first-order valence-electron chi connectivity index (χ1n) is 8.67. The van der Waals surface area contributed by atoms with Crippen LogP contribution in [0, 0.1) is 6.92 Å². The number of carbonyl (C=O) groups is 4. The molecule has 0 fully saturated rings. The third-order valence-corrected chi connectivity index (χ3v) is 4.50. The molecule has 1 heterocycles. The summed E-state index contributed by atoms with van der Waals surface area (Å²) in [5, 5.41) is 8.74. The molecule has 2 amide bonds. The summed E-state index contributed by atoms with van der Waals surface area (Å²) in [7, 11) is 0. The van der Waals surface area contributed by atoms with Crippen LogP contribution < -0.4 is 10.6 Å². The fraction of sp³-hybridized carbons (Fsp3) is 0.316. The summed E-state index contributed by atoms with van der Waals surface area (Å²) in [5.74, 6) is -0.968. The van der Waals surface area contributed by atoms with E-state index in [9.17, 15) is 19.2 Å². The van der Waals surface area contributed by atoms with E-state index in [-0.39, 0.29) is 23.2 Å². The lowest BCUT2D eigenvalue weighted by Crippen LogP contribution is -2.31. The molecule has 10 heteroatoms. The molecular weight excluding hydrogens is 398 g/mol. The Morgan fingerprint density at radius 2 is 1.90 bits per heavy atom. The van der Waals surface area contributed by atoms with Crippen molar-refractivity contribution in [1.29, 1.82) is 0 Å². The van der Waals surface area contributed by atoms with E-state index in [1.165, 1.54) is 13.8 Å². The normalized spacial score (nSPS) is 11.4. The third kappa shape index (κ3) is 7.07. The summed E-state index contributed by atoms with van der Waals surface area (Å²) in [4.78, 5) is 47.5. The predicted molar refractivity (Wildman–Crippen MR) is 108 cm³/mol. The number of nitrogens with zero attached hydrogens (tertiary/aromatic N) is 1. The molecule has 0 saturated heterocycles. The van der Waals surface area contributed by atoms with Crippen molar-refractivity contribution >= 4 is 46.8 Å². The van der Waals surface area contributed by atoms with Crippen molar-refractivity contribution in [2.24, 2.45) is 0 Å². The van der Waals surface area contributed by atoms with Gasteiger partial charge in [-0.25, -0.2) is 0 Å². The minimum absolute atomic E-state index is 0.00751. The van der Waals surface area contributed by atoms with Crippen LogP contribution >= 0.6 is 11.8 Å². The summed E-state index contributed by atoms with van der Waals surface area (Å²) in [6.07, 6.45) is -1.06. The highest BCUT2D eigenvalue weighted by atomic mass is 32.2. The van der Waals surface area contributed by atoms with Crippen LogP contribution in [0.4, 0.5) is 11.5 Å². The molecule has 1 atom stereocenters. The average molecular weight is 419 g/mol. The molecular formula is C19H21N3O6S. The van der Waals surface area contributed by atoms with E-state index in [0.29, 0.717) is 22.8 Å². The lowest BCUT2D eigenvalue weighted by atomic mass is 10.1. The van der Waals surface area contributed by atoms with Gasteiger partial charge >= 0.3 is 5.97 Å². The number of carbonyl (C=O) groups excluding carboxylic acids is 4. The molecule has 0 aliphatic carbocycles. The largest absolute Gasteiger partial charge is 0.452 e. The van der Waals surface area contributed by atoms with Crippen LogP contribution in [0.2, 0.25) is 0 Å². The van der Waals surface area contributed by atoms with Gasteiger partial charge in [0.1, 0.15) is 5.76 Å². The van der Waals surface area contributed by atoms with Crippen LogP contribution in [-0.2, 0) is 19.1 Å². The van der Waals surface area contributed by atoms with Crippen LogP contribution in [0.5, 0.6) is 0 Å². The quantitative estimate of drug-likeness (QED) is 0.469. The van der Waals surface area contributed by atoms with Crippen LogP contribution in [0.25, 0.3) is 0 Å². The van der Waals surface area contributed by atoms with Crippen LogP contribution in [0.1, 0.15) is 30.0 Å². The van der Waals surface area contributed by atoms with Gasteiger partial charge in [-0.2, -0.15) is 0 Å². The van der Waals surface area contributed by atoms with E-state index in [4.69, 9.17) is 9.26 Å². The second-order valence-electron chi connectivity index (χ2n) is 6.09. The molecule has 0 spiro atoms. The maximum absolute atomic E-state index is 12.2. The molecule has 9 nitrogen and oxygen atoms in total. The van der Waals surface area contributed by atoms with Crippen molar-refractivity contribution in [1.82, 2.24) is 5.16 Å². The Morgan fingerprint density at radius 3 is 2.55 bits per heavy atom. The first-order valence-corrected chi connectivity index (χ1v) is 9.83. The van der Waals surface area contributed by atoms with Gasteiger partial charge in [0.15, 0.2) is 17.7 Å². The van der Waals surface area contributed by atoms with Crippen molar-refractivity contribution < 1.29 is 28.4 Å². The molecule has 154 valence electrons. The number of para-hydroxylation sites is 1. The zero-order chi connectivity index (χ0) is 21.4. The predicted octanol–water partition coefficient (Wildman–Crippen LogP) is 2.43. The Kier molecular flexibility index (Phi) is 7.96. The van der Waals surface area contributed by atoms with Crippen LogP contribution in [-0.4, -0.2) is 46.3 Å². The number of thioether (sulfide) groups is 1. The SMILES string of the molecule is CC(=O)c1ccccc1NC(=O)[C@@H](C)OC(=O)CSCC(=O)Nc1cc(C)on1. The number of aryl methyl sites for hydroxylation is 1. The molecule has 2 rings (SSSR count). The van der Waals surface area contributed by atoms with Gasteiger partial charge in [-0.15, -0.1) is 11.8 Å². The zero-order valence-corrected chi connectivity index (χ0v) is 17.0. The van der Waals surface area contributed by atoms with Crippen molar-refractivity contribution in [3.8, 4) is 0 Å². The van der Waals surface area contributed by atoms with E-state index in [0.717, 1.165) is 11.8 Å². The molecule has 1 aromatic heterocycles. The van der Waals surface area contributed by atoms with Gasteiger partial charge in [0.2, 0.25) is 5.91 Å². The zero-order valence-electron chi connectivity index (χ0n) is 16.2. The second kappa shape index (κ2) is 10.4. The number of amides is 2. The molecule has 0 aliphatic heterocycles. The number of Topliss-reactive ketones (excluding diaryl/α,β-unsaturated/α-hetero) is 1. The molecule has 0 bridgehead atoms. The summed E-state index contributed by atoms with van der Waals surface area (Å²) >= 11 is 1.04.